The van der Waals surface area contributed by atoms with Crippen LogP contribution in [0.25, 0.3) is 0 Å². The highest BCUT2D eigenvalue weighted by Crippen LogP contribution is 2.13. The number of carbonyl (C=O) groups excluding carboxylic acids is 1. The largest absolute Gasteiger partial charge is 0.491 e. The molecule has 0 saturated heterocycles. The molecule has 1 atom stereocenters. The van der Waals surface area contributed by atoms with Crippen LogP contribution in [-0.4, -0.2) is 30.2 Å². The first-order valence-corrected chi connectivity index (χ1v) is 7.66. The number of benzene rings is 2. The summed E-state index contributed by atoms with van der Waals surface area (Å²) in [5, 5.41) is 10.5. The van der Waals surface area contributed by atoms with E-state index in [-0.39, 0.29) is 19.0 Å². The van der Waals surface area contributed by atoms with Crippen LogP contribution in [-0.2, 0) is 11.3 Å². The van der Waals surface area contributed by atoms with Crippen molar-refractivity contribution in [2.45, 2.75) is 19.6 Å². The molecule has 5 heteroatoms. The van der Waals surface area contributed by atoms with Crippen molar-refractivity contribution in [1.29, 1.82) is 0 Å². The van der Waals surface area contributed by atoms with E-state index in [2.05, 4.69) is 0 Å². The first-order valence-electron chi connectivity index (χ1n) is 7.28. The smallest absolute Gasteiger partial charge is 0.159 e. The molecule has 122 valence electrons. The van der Waals surface area contributed by atoms with E-state index in [1.807, 2.05) is 12.1 Å². The average Bonchev–Trinajstić information content (AvgIpc) is 2.55. The monoisotopic (exact) mass is 334 g/mol. The zero-order valence-electron chi connectivity index (χ0n) is 12.9. The minimum absolute atomic E-state index is 0.00665. The van der Waals surface area contributed by atoms with Gasteiger partial charge in [0.25, 0.3) is 0 Å². The quantitative estimate of drug-likeness (QED) is 0.751. The van der Waals surface area contributed by atoms with Crippen LogP contribution in [0, 0.1) is 0 Å². The second kappa shape index (κ2) is 8.67. The van der Waals surface area contributed by atoms with Crippen LogP contribution in [0.4, 0.5) is 0 Å². The summed E-state index contributed by atoms with van der Waals surface area (Å²) >= 11 is 5.81. The van der Waals surface area contributed by atoms with E-state index in [0.717, 1.165) is 5.56 Å². The lowest BCUT2D eigenvalue weighted by Gasteiger charge is -2.13. The standard InChI is InChI=1S/C18H19ClO4/c1-13(20)15-4-8-18(9-5-15)23-12-17(21)11-22-10-14-2-6-16(19)7-3-14/h2-9,17,21H,10-12H2,1H3. The third kappa shape index (κ3) is 6.02. The Bertz CT molecular complexity index is 622. The fourth-order valence-corrected chi connectivity index (χ4v) is 2.05. The molecule has 0 bridgehead atoms. The Hall–Kier alpha value is -1.88. The van der Waals surface area contributed by atoms with E-state index in [9.17, 15) is 9.90 Å². The minimum atomic E-state index is -0.727. The van der Waals surface area contributed by atoms with Gasteiger partial charge in [-0.05, 0) is 48.9 Å². The number of halogens is 1. The summed E-state index contributed by atoms with van der Waals surface area (Å²) in [7, 11) is 0. The van der Waals surface area contributed by atoms with Crippen LogP contribution in [0.3, 0.4) is 0 Å². The highest BCUT2D eigenvalue weighted by atomic mass is 35.5. The average molecular weight is 335 g/mol. The Morgan fingerprint density at radius 3 is 2.35 bits per heavy atom. The van der Waals surface area contributed by atoms with Crippen LogP contribution < -0.4 is 4.74 Å². The lowest BCUT2D eigenvalue weighted by Crippen LogP contribution is -2.23. The molecule has 2 aromatic carbocycles. The fraction of sp³-hybridized carbons (Fsp3) is 0.278. The molecule has 2 aromatic rings. The number of hydrogen-bond donors (Lipinski definition) is 1. The maximum atomic E-state index is 11.2. The van der Waals surface area contributed by atoms with Crippen molar-refractivity contribution in [3.63, 3.8) is 0 Å². The van der Waals surface area contributed by atoms with Crippen LogP contribution in [0.5, 0.6) is 5.75 Å². The number of ketones is 1. The molecule has 0 saturated carbocycles. The lowest BCUT2D eigenvalue weighted by atomic mass is 10.1. The second-order valence-electron chi connectivity index (χ2n) is 5.19. The maximum Gasteiger partial charge on any atom is 0.159 e. The number of ether oxygens (including phenoxy) is 2. The van der Waals surface area contributed by atoms with Crippen LogP contribution in [0.15, 0.2) is 48.5 Å². The summed E-state index contributed by atoms with van der Waals surface area (Å²) in [6.45, 7) is 2.22. The number of rotatable bonds is 8. The first kappa shape index (κ1) is 17.5. The molecule has 1 unspecified atom stereocenters. The third-order valence-electron chi connectivity index (χ3n) is 3.20. The van der Waals surface area contributed by atoms with E-state index < -0.39 is 6.10 Å². The Kier molecular flexibility index (Phi) is 6.59. The molecule has 0 fully saturated rings. The fourth-order valence-electron chi connectivity index (χ4n) is 1.92. The van der Waals surface area contributed by atoms with Crippen molar-refractivity contribution in [2.75, 3.05) is 13.2 Å². The molecule has 23 heavy (non-hydrogen) atoms. The Morgan fingerprint density at radius 2 is 1.74 bits per heavy atom. The van der Waals surface area contributed by atoms with Crippen molar-refractivity contribution in [2.24, 2.45) is 0 Å². The van der Waals surface area contributed by atoms with Gasteiger partial charge in [0.1, 0.15) is 18.5 Å². The van der Waals surface area contributed by atoms with Crippen molar-refractivity contribution < 1.29 is 19.4 Å². The van der Waals surface area contributed by atoms with Gasteiger partial charge in [-0.1, -0.05) is 23.7 Å². The van der Waals surface area contributed by atoms with Gasteiger partial charge in [0.2, 0.25) is 0 Å². The molecule has 0 spiro atoms. The summed E-state index contributed by atoms with van der Waals surface area (Å²) in [5.41, 5.74) is 1.62. The third-order valence-corrected chi connectivity index (χ3v) is 3.45. The molecule has 0 aliphatic heterocycles. The number of Topliss-reactive ketones (excluding diaryl/α,β-unsaturated/α-hetero) is 1. The predicted molar refractivity (Wildman–Crippen MR) is 89.1 cm³/mol. The van der Waals surface area contributed by atoms with Gasteiger partial charge in [0, 0.05) is 10.6 Å². The number of aliphatic hydroxyl groups is 1. The highest BCUT2D eigenvalue weighted by molar-refractivity contribution is 6.30. The molecular weight excluding hydrogens is 316 g/mol. The molecule has 1 N–H and O–H groups in total. The van der Waals surface area contributed by atoms with E-state index in [0.29, 0.717) is 22.9 Å². The lowest BCUT2D eigenvalue weighted by molar-refractivity contribution is 0.00549. The van der Waals surface area contributed by atoms with Crippen LogP contribution in [0.2, 0.25) is 5.02 Å². The molecule has 0 amide bonds. The molecule has 0 aliphatic carbocycles. The van der Waals surface area contributed by atoms with E-state index >= 15 is 0 Å². The van der Waals surface area contributed by atoms with Gasteiger partial charge in [-0.3, -0.25) is 4.79 Å². The van der Waals surface area contributed by atoms with Gasteiger partial charge in [0.15, 0.2) is 5.78 Å². The van der Waals surface area contributed by atoms with Crippen LogP contribution in [0.1, 0.15) is 22.8 Å². The van der Waals surface area contributed by atoms with E-state index in [1.165, 1.54) is 6.92 Å². The molecule has 0 aliphatic rings. The molecule has 2 rings (SSSR count). The summed E-state index contributed by atoms with van der Waals surface area (Å²) in [6.07, 6.45) is -0.727. The molecule has 0 aromatic heterocycles. The number of hydrogen-bond acceptors (Lipinski definition) is 4. The van der Waals surface area contributed by atoms with Crippen LogP contribution >= 0.6 is 11.6 Å². The van der Waals surface area contributed by atoms with Crippen molar-refractivity contribution in [3.05, 3.63) is 64.7 Å². The normalized spacial score (nSPS) is 12.0. The molecule has 4 nitrogen and oxygen atoms in total. The number of aliphatic hydroxyl groups excluding tert-OH is 1. The predicted octanol–water partition coefficient (Wildman–Crippen LogP) is 3.50. The van der Waals surface area contributed by atoms with Gasteiger partial charge in [-0.25, -0.2) is 0 Å². The van der Waals surface area contributed by atoms with Crippen molar-refractivity contribution in [1.82, 2.24) is 0 Å². The summed E-state index contributed by atoms with van der Waals surface area (Å²) in [4.78, 5) is 11.2. The Balaban J connectivity index is 1.69. The SMILES string of the molecule is CC(=O)c1ccc(OCC(O)COCc2ccc(Cl)cc2)cc1. The Morgan fingerprint density at radius 1 is 1.09 bits per heavy atom. The summed E-state index contributed by atoms with van der Waals surface area (Å²) in [5.74, 6) is 0.610. The van der Waals surface area contributed by atoms with Gasteiger partial charge in [0.05, 0.1) is 13.2 Å². The zero-order valence-corrected chi connectivity index (χ0v) is 13.6. The highest BCUT2D eigenvalue weighted by Gasteiger charge is 2.06. The number of carbonyl (C=O) groups is 1. The minimum Gasteiger partial charge on any atom is -0.491 e. The first-order chi connectivity index (χ1) is 11.0. The zero-order chi connectivity index (χ0) is 16.7. The second-order valence-corrected chi connectivity index (χ2v) is 5.62. The molecular formula is C18H19ClO4. The van der Waals surface area contributed by atoms with Gasteiger partial charge >= 0.3 is 0 Å². The van der Waals surface area contributed by atoms with Crippen molar-refractivity contribution >= 4 is 17.4 Å². The van der Waals surface area contributed by atoms with Gasteiger partial charge in [-0.2, -0.15) is 0 Å². The maximum absolute atomic E-state index is 11.2. The van der Waals surface area contributed by atoms with Gasteiger partial charge < -0.3 is 14.6 Å². The molecule has 0 radical (unpaired) electrons. The van der Waals surface area contributed by atoms with Gasteiger partial charge in [-0.15, -0.1) is 0 Å². The molecule has 0 heterocycles. The van der Waals surface area contributed by atoms with Crippen molar-refractivity contribution in [3.8, 4) is 5.75 Å². The van der Waals surface area contributed by atoms with E-state index in [1.54, 1.807) is 36.4 Å². The summed E-state index contributed by atoms with van der Waals surface area (Å²) < 4.78 is 10.9. The Labute approximate surface area is 140 Å². The topological polar surface area (TPSA) is 55.8 Å². The summed E-state index contributed by atoms with van der Waals surface area (Å²) in [6, 6.07) is 14.1. The van der Waals surface area contributed by atoms with E-state index in [4.69, 9.17) is 21.1 Å².